The summed E-state index contributed by atoms with van der Waals surface area (Å²) in [4.78, 5) is 0.316. The minimum atomic E-state index is -3.50. The minimum absolute atomic E-state index is 0.226. The Bertz CT molecular complexity index is 776. The quantitative estimate of drug-likeness (QED) is 0.773. The van der Waals surface area contributed by atoms with E-state index in [1.54, 1.807) is 37.3 Å². The van der Waals surface area contributed by atoms with Gasteiger partial charge in [-0.3, -0.25) is 0 Å². The lowest BCUT2D eigenvalue weighted by molar-refractivity contribution is 0.583. The van der Waals surface area contributed by atoms with Crippen LogP contribution >= 0.6 is 11.8 Å². The predicted molar refractivity (Wildman–Crippen MR) is 93.7 cm³/mol. The molecule has 0 saturated heterocycles. The third-order valence-corrected chi connectivity index (χ3v) is 6.00. The highest BCUT2D eigenvalue weighted by molar-refractivity contribution is 7.98. The van der Waals surface area contributed by atoms with Crippen LogP contribution in [0.1, 0.15) is 16.7 Å². The summed E-state index contributed by atoms with van der Waals surface area (Å²) in [5, 5.41) is 0. The fraction of sp³-hybridized carbons (Fsp3) is 0.294. The maximum Gasteiger partial charge on any atom is 0.240 e. The Morgan fingerprint density at radius 2 is 1.87 bits per heavy atom. The van der Waals surface area contributed by atoms with Crippen molar-refractivity contribution in [3.63, 3.8) is 0 Å². The van der Waals surface area contributed by atoms with Crippen LogP contribution in [0.3, 0.4) is 0 Å². The van der Waals surface area contributed by atoms with Gasteiger partial charge in [0.2, 0.25) is 10.0 Å². The number of nitrogens with one attached hydrogen (secondary N) is 1. The van der Waals surface area contributed by atoms with E-state index in [0.29, 0.717) is 28.5 Å². The summed E-state index contributed by atoms with van der Waals surface area (Å²) in [7, 11) is -3.50. The van der Waals surface area contributed by atoms with E-state index in [9.17, 15) is 12.8 Å². The number of rotatable bonds is 7. The largest absolute Gasteiger partial charge is 0.240 e. The molecule has 3 nitrogen and oxygen atoms in total. The lowest BCUT2D eigenvalue weighted by Crippen LogP contribution is -2.26. The summed E-state index contributed by atoms with van der Waals surface area (Å²) < 4.78 is 40.7. The minimum Gasteiger partial charge on any atom is -0.210 e. The maximum absolute atomic E-state index is 13.5. The molecule has 124 valence electrons. The average molecular weight is 353 g/mol. The molecule has 0 atom stereocenters. The molecular formula is C17H20FNO2S2. The standard InChI is InChI=1S/C17H20FNO2S2/c1-13-7-8-14(2)17(11-13)23(20,21)19-9-10-22-12-15-5-3-4-6-16(15)18/h3-8,11,19H,9-10,12H2,1-2H3. The molecule has 0 amide bonds. The molecule has 0 bridgehead atoms. The second-order valence-electron chi connectivity index (χ2n) is 5.31. The first-order valence-corrected chi connectivity index (χ1v) is 9.92. The second-order valence-corrected chi connectivity index (χ2v) is 8.15. The highest BCUT2D eigenvalue weighted by Gasteiger charge is 2.16. The normalized spacial score (nSPS) is 11.6. The van der Waals surface area contributed by atoms with Crippen molar-refractivity contribution >= 4 is 21.8 Å². The molecule has 2 aromatic carbocycles. The van der Waals surface area contributed by atoms with Crippen LogP contribution in [0.4, 0.5) is 4.39 Å². The number of hydrogen-bond acceptors (Lipinski definition) is 3. The van der Waals surface area contributed by atoms with Gasteiger partial charge in [0.1, 0.15) is 5.82 Å². The SMILES string of the molecule is Cc1ccc(C)c(S(=O)(=O)NCCSCc2ccccc2F)c1. The van der Waals surface area contributed by atoms with Gasteiger partial charge in [-0.05, 0) is 42.7 Å². The van der Waals surface area contributed by atoms with Gasteiger partial charge in [-0.25, -0.2) is 17.5 Å². The zero-order chi connectivity index (χ0) is 16.9. The molecule has 0 unspecified atom stereocenters. The molecular weight excluding hydrogens is 333 g/mol. The lowest BCUT2D eigenvalue weighted by Gasteiger charge is -2.10. The molecule has 0 aliphatic heterocycles. The van der Waals surface area contributed by atoms with Crippen LogP contribution in [0.5, 0.6) is 0 Å². The number of benzene rings is 2. The Morgan fingerprint density at radius 3 is 2.61 bits per heavy atom. The first-order valence-electron chi connectivity index (χ1n) is 7.28. The van der Waals surface area contributed by atoms with Crippen LogP contribution in [0.25, 0.3) is 0 Å². The fourth-order valence-electron chi connectivity index (χ4n) is 2.12. The molecule has 2 rings (SSSR count). The van der Waals surface area contributed by atoms with Crippen LogP contribution < -0.4 is 4.72 Å². The highest BCUT2D eigenvalue weighted by Crippen LogP contribution is 2.17. The van der Waals surface area contributed by atoms with Crippen LogP contribution in [0.15, 0.2) is 47.4 Å². The van der Waals surface area contributed by atoms with Crippen LogP contribution in [-0.2, 0) is 15.8 Å². The van der Waals surface area contributed by atoms with E-state index in [4.69, 9.17) is 0 Å². The predicted octanol–water partition coefficient (Wildman–Crippen LogP) is 3.65. The van der Waals surface area contributed by atoms with Gasteiger partial charge in [-0.2, -0.15) is 11.8 Å². The molecule has 0 fully saturated rings. The summed E-state index contributed by atoms with van der Waals surface area (Å²) in [6.45, 7) is 3.96. The van der Waals surface area contributed by atoms with Crippen molar-refractivity contribution in [3.8, 4) is 0 Å². The monoisotopic (exact) mass is 353 g/mol. The molecule has 0 heterocycles. The van der Waals surface area contributed by atoms with Crippen molar-refractivity contribution in [2.75, 3.05) is 12.3 Å². The Balaban J connectivity index is 1.86. The summed E-state index contributed by atoms with van der Waals surface area (Å²) in [6, 6.07) is 12.0. The van der Waals surface area contributed by atoms with E-state index >= 15 is 0 Å². The third-order valence-electron chi connectivity index (χ3n) is 3.39. The maximum atomic E-state index is 13.5. The highest BCUT2D eigenvalue weighted by atomic mass is 32.2. The number of thioether (sulfide) groups is 1. The lowest BCUT2D eigenvalue weighted by atomic mass is 10.2. The van der Waals surface area contributed by atoms with Gasteiger partial charge in [0, 0.05) is 18.1 Å². The van der Waals surface area contributed by atoms with E-state index < -0.39 is 10.0 Å². The Labute approximate surface area is 141 Å². The molecule has 0 radical (unpaired) electrons. The number of hydrogen-bond donors (Lipinski definition) is 1. The van der Waals surface area contributed by atoms with Crippen molar-refractivity contribution in [3.05, 3.63) is 65.0 Å². The summed E-state index contributed by atoms with van der Waals surface area (Å²) in [6.07, 6.45) is 0. The molecule has 2 aromatic rings. The number of aryl methyl sites for hydroxylation is 2. The first kappa shape index (κ1) is 18.0. The van der Waals surface area contributed by atoms with Crippen molar-refractivity contribution < 1.29 is 12.8 Å². The van der Waals surface area contributed by atoms with Gasteiger partial charge in [-0.1, -0.05) is 30.3 Å². The Morgan fingerprint density at radius 1 is 1.13 bits per heavy atom. The van der Waals surface area contributed by atoms with Crippen LogP contribution in [0.2, 0.25) is 0 Å². The van der Waals surface area contributed by atoms with Gasteiger partial charge >= 0.3 is 0 Å². The average Bonchev–Trinajstić information content (AvgIpc) is 2.51. The third kappa shape index (κ3) is 5.06. The molecule has 0 saturated carbocycles. The van der Waals surface area contributed by atoms with Gasteiger partial charge in [0.05, 0.1) is 4.90 Å². The van der Waals surface area contributed by atoms with Crippen molar-refractivity contribution in [1.82, 2.24) is 4.72 Å². The zero-order valence-electron chi connectivity index (χ0n) is 13.2. The smallest absolute Gasteiger partial charge is 0.210 e. The van der Waals surface area contributed by atoms with E-state index in [-0.39, 0.29) is 5.82 Å². The topological polar surface area (TPSA) is 46.2 Å². The Kier molecular flexibility index (Phi) is 6.21. The number of halogens is 1. The van der Waals surface area contributed by atoms with E-state index in [1.165, 1.54) is 17.8 Å². The number of sulfonamides is 1. The fourth-order valence-corrected chi connectivity index (χ4v) is 4.45. The summed E-state index contributed by atoms with van der Waals surface area (Å²) >= 11 is 1.50. The summed E-state index contributed by atoms with van der Waals surface area (Å²) in [5.41, 5.74) is 2.27. The first-order chi connectivity index (χ1) is 10.9. The van der Waals surface area contributed by atoms with Crippen LogP contribution in [-0.4, -0.2) is 20.7 Å². The Hall–Kier alpha value is -1.37. The molecule has 0 aromatic heterocycles. The molecule has 0 aliphatic carbocycles. The zero-order valence-corrected chi connectivity index (χ0v) is 14.8. The molecule has 0 spiro atoms. The molecule has 6 heteroatoms. The van der Waals surface area contributed by atoms with Crippen molar-refractivity contribution in [2.24, 2.45) is 0 Å². The van der Waals surface area contributed by atoms with Crippen molar-refractivity contribution in [1.29, 1.82) is 0 Å². The van der Waals surface area contributed by atoms with Gasteiger partial charge in [0.15, 0.2) is 0 Å². The molecule has 0 aliphatic rings. The van der Waals surface area contributed by atoms with Gasteiger partial charge in [-0.15, -0.1) is 0 Å². The van der Waals surface area contributed by atoms with Crippen LogP contribution in [0, 0.1) is 19.7 Å². The van der Waals surface area contributed by atoms with Gasteiger partial charge in [0.25, 0.3) is 0 Å². The van der Waals surface area contributed by atoms with Crippen molar-refractivity contribution in [2.45, 2.75) is 24.5 Å². The van der Waals surface area contributed by atoms with Gasteiger partial charge < -0.3 is 0 Å². The van der Waals surface area contributed by atoms with E-state index in [2.05, 4.69) is 4.72 Å². The molecule has 23 heavy (non-hydrogen) atoms. The molecule has 1 N–H and O–H groups in total. The van der Waals surface area contributed by atoms with E-state index in [1.807, 2.05) is 13.0 Å². The summed E-state index contributed by atoms with van der Waals surface area (Å²) in [5.74, 6) is 0.881. The second kappa shape index (κ2) is 7.95. The van der Waals surface area contributed by atoms with E-state index in [0.717, 1.165) is 11.1 Å².